The highest BCUT2D eigenvalue weighted by molar-refractivity contribution is 5.98. The molecule has 1 aromatic carbocycles. The Morgan fingerprint density at radius 2 is 1.78 bits per heavy atom. The summed E-state index contributed by atoms with van der Waals surface area (Å²) in [6.45, 7) is 8.69. The smallest absolute Gasteiger partial charge is 0.167 e. The van der Waals surface area contributed by atoms with Gasteiger partial charge in [-0.05, 0) is 40.5 Å². The zero-order valence-corrected chi connectivity index (χ0v) is 11.8. The summed E-state index contributed by atoms with van der Waals surface area (Å²) in [6.07, 6.45) is 2.00. The zero-order chi connectivity index (χ0) is 13.4. The monoisotopic (exact) mass is 245 g/mol. The predicted octanol–water partition coefficient (Wildman–Crippen LogP) is 3.43. The van der Waals surface area contributed by atoms with Gasteiger partial charge in [-0.3, -0.25) is 4.79 Å². The first-order valence-electron chi connectivity index (χ1n) is 6.70. The highest BCUT2D eigenvalue weighted by Gasteiger charge is 2.43. The molecule has 0 saturated carbocycles. The van der Waals surface area contributed by atoms with Gasteiger partial charge in [0.15, 0.2) is 5.78 Å². The quantitative estimate of drug-likeness (QED) is 0.809. The number of hydrogen-bond acceptors (Lipinski definition) is 2. The van der Waals surface area contributed by atoms with Crippen LogP contribution in [0.2, 0.25) is 0 Å². The lowest BCUT2D eigenvalue weighted by Gasteiger charge is -2.47. The average molecular weight is 245 g/mol. The van der Waals surface area contributed by atoms with E-state index in [9.17, 15) is 4.79 Å². The molecule has 0 aliphatic carbocycles. The van der Waals surface area contributed by atoms with E-state index in [0.717, 1.165) is 18.4 Å². The molecule has 0 bridgehead atoms. The summed E-state index contributed by atoms with van der Waals surface area (Å²) in [5.41, 5.74) is 0.808. The van der Waals surface area contributed by atoms with Crippen LogP contribution in [0.5, 0.6) is 0 Å². The van der Waals surface area contributed by atoms with E-state index in [4.69, 9.17) is 0 Å². The van der Waals surface area contributed by atoms with Crippen molar-refractivity contribution in [2.24, 2.45) is 5.92 Å². The molecular formula is C16H23NO. The van der Waals surface area contributed by atoms with Gasteiger partial charge in [0.2, 0.25) is 0 Å². The lowest BCUT2D eigenvalue weighted by Crippen LogP contribution is -2.61. The molecule has 0 spiro atoms. The van der Waals surface area contributed by atoms with E-state index in [-0.39, 0.29) is 22.8 Å². The number of rotatable bonds is 2. The Bertz CT molecular complexity index is 434. The molecule has 1 N–H and O–H groups in total. The van der Waals surface area contributed by atoms with Gasteiger partial charge in [0.05, 0.1) is 0 Å². The highest BCUT2D eigenvalue weighted by atomic mass is 16.1. The van der Waals surface area contributed by atoms with Crippen molar-refractivity contribution in [3.05, 3.63) is 35.9 Å². The van der Waals surface area contributed by atoms with Crippen LogP contribution < -0.4 is 5.32 Å². The minimum atomic E-state index is -0.144. The molecule has 1 aliphatic rings. The van der Waals surface area contributed by atoms with Crippen LogP contribution in [0.1, 0.15) is 50.9 Å². The van der Waals surface area contributed by atoms with Crippen LogP contribution in [-0.4, -0.2) is 16.9 Å². The van der Waals surface area contributed by atoms with Crippen molar-refractivity contribution in [2.45, 2.75) is 51.6 Å². The van der Waals surface area contributed by atoms with Crippen LogP contribution in [0, 0.1) is 5.92 Å². The van der Waals surface area contributed by atoms with E-state index in [1.165, 1.54) is 0 Å². The van der Waals surface area contributed by atoms with Gasteiger partial charge >= 0.3 is 0 Å². The third-order valence-electron chi connectivity index (χ3n) is 3.96. The summed E-state index contributed by atoms with van der Waals surface area (Å²) in [7, 11) is 0. The fourth-order valence-electron chi connectivity index (χ4n) is 3.15. The Hall–Kier alpha value is -1.15. The summed E-state index contributed by atoms with van der Waals surface area (Å²) in [4.78, 5) is 12.6. The number of carbonyl (C=O) groups is 1. The molecule has 1 heterocycles. The Kier molecular flexibility index (Phi) is 3.33. The van der Waals surface area contributed by atoms with Gasteiger partial charge < -0.3 is 5.32 Å². The lowest BCUT2D eigenvalue weighted by atomic mass is 9.71. The Morgan fingerprint density at radius 3 is 2.33 bits per heavy atom. The summed E-state index contributed by atoms with van der Waals surface area (Å²) in [6, 6.07) is 9.64. The summed E-state index contributed by atoms with van der Waals surface area (Å²) in [5, 5.41) is 3.61. The fraction of sp³-hybridized carbons (Fsp3) is 0.562. The van der Waals surface area contributed by atoms with E-state index in [1.54, 1.807) is 0 Å². The van der Waals surface area contributed by atoms with Gasteiger partial charge in [0.1, 0.15) is 0 Å². The number of carbonyl (C=O) groups excluding carboxylic acids is 1. The van der Waals surface area contributed by atoms with Gasteiger partial charge in [0.25, 0.3) is 0 Å². The number of Topliss-reactive ketones (excluding diaryl/α,β-unsaturated/α-hetero) is 1. The Labute approximate surface area is 110 Å². The number of nitrogens with one attached hydrogen (secondary N) is 1. The van der Waals surface area contributed by atoms with Crippen LogP contribution in [-0.2, 0) is 0 Å². The van der Waals surface area contributed by atoms with Crippen molar-refractivity contribution >= 4 is 5.78 Å². The average Bonchev–Trinajstić information content (AvgIpc) is 2.27. The summed E-state index contributed by atoms with van der Waals surface area (Å²) in [5.74, 6) is 0.330. The second kappa shape index (κ2) is 4.51. The molecule has 2 heteroatoms. The molecule has 0 amide bonds. The number of piperidine rings is 1. The van der Waals surface area contributed by atoms with Crippen LogP contribution in [0.25, 0.3) is 0 Å². The first-order chi connectivity index (χ1) is 8.32. The molecule has 2 nitrogen and oxygen atoms in total. The molecule has 1 saturated heterocycles. The Morgan fingerprint density at radius 1 is 1.17 bits per heavy atom. The SMILES string of the molecule is CC1(C)CCC(C(=O)c2ccccc2)C(C)(C)N1. The third kappa shape index (κ3) is 2.64. The molecule has 18 heavy (non-hydrogen) atoms. The van der Waals surface area contributed by atoms with Crippen LogP contribution in [0.3, 0.4) is 0 Å². The number of benzene rings is 1. The molecule has 1 fully saturated rings. The zero-order valence-electron chi connectivity index (χ0n) is 11.8. The summed E-state index contributed by atoms with van der Waals surface area (Å²) < 4.78 is 0. The minimum Gasteiger partial charge on any atom is -0.306 e. The van der Waals surface area contributed by atoms with Crippen molar-refractivity contribution in [1.29, 1.82) is 0 Å². The molecule has 1 unspecified atom stereocenters. The molecule has 2 rings (SSSR count). The van der Waals surface area contributed by atoms with Crippen LogP contribution in [0.15, 0.2) is 30.3 Å². The molecule has 0 aromatic heterocycles. The topological polar surface area (TPSA) is 29.1 Å². The van der Waals surface area contributed by atoms with E-state index < -0.39 is 0 Å². The number of ketones is 1. The van der Waals surface area contributed by atoms with Gasteiger partial charge in [-0.15, -0.1) is 0 Å². The first-order valence-corrected chi connectivity index (χ1v) is 6.70. The van der Waals surface area contributed by atoms with E-state index in [1.807, 2.05) is 30.3 Å². The van der Waals surface area contributed by atoms with Gasteiger partial charge in [-0.1, -0.05) is 30.3 Å². The fourth-order valence-corrected chi connectivity index (χ4v) is 3.15. The second-order valence-electron chi connectivity index (χ2n) is 6.55. The second-order valence-corrected chi connectivity index (χ2v) is 6.55. The third-order valence-corrected chi connectivity index (χ3v) is 3.96. The van der Waals surface area contributed by atoms with Crippen molar-refractivity contribution in [1.82, 2.24) is 5.32 Å². The minimum absolute atomic E-state index is 0.0629. The van der Waals surface area contributed by atoms with Crippen molar-refractivity contribution in [2.75, 3.05) is 0 Å². The maximum atomic E-state index is 12.6. The molecular weight excluding hydrogens is 222 g/mol. The molecule has 1 aliphatic heterocycles. The molecule has 98 valence electrons. The van der Waals surface area contributed by atoms with Gasteiger partial charge in [-0.2, -0.15) is 0 Å². The Balaban J connectivity index is 2.22. The largest absolute Gasteiger partial charge is 0.306 e. The normalized spacial score (nSPS) is 25.7. The lowest BCUT2D eigenvalue weighted by molar-refractivity contribution is 0.0673. The standard InChI is InChI=1S/C16H23NO/c1-15(2)11-10-13(16(3,4)17-15)14(18)12-8-6-5-7-9-12/h5-9,13,17H,10-11H2,1-4H3. The van der Waals surface area contributed by atoms with E-state index >= 15 is 0 Å². The molecule has 1 aromatic rings. The van der Waals surface area contributed by atoms with Crippen LogP contribution >= 0.6 is 0 Å². The van der Waals surface area contributed by atoms with E-state index in [2.05, 4.69) is 33.0 Å². The van der Waals surface area contributed by atoms with Gasteiger partial charge in [-0.25, -0.2) is 0 Å². The summed E-state index contributed by atoms with van der Waals surface area (Å²) >= 11 is 0. The maximum absolute atomic E-state index is 12.6. The first kappa shape index (κ1) is 13.3. The molecule has 0 radical (unpaired) electrons. The van der Waals surface area contributed by atoms with Crippen molar-refractivity contribution < 1.29 is 4.79 Å². The maximum Gasteiger partial charge on any atom is 0.167 e. The predicted molar refractivity (Wildman–Crippen MR) is 74.8 cm³/mol. The van der Waals surface area contributed by atoms with Crippen LogP contribution in [0.4, 0.5) is 0 Å². The highest BCUT2D eigenvalue weighted by Crippen LogP contribution is 2.35. The van der Waals surface area contributed by atoms with Crippen molar-refractivity contribution in [3.8, 4) is 0 Å². The molecule has 1 atom stereocenters. The van der Waals surface area contributed by atoms with Gasteiger partial charge in [0, 0.05) is 22.6 Å². The van der Waals surface area contributed by atoms with Crippen molar-refractivity contribution in [3.63, 3.8) is 0 Å². The number of hydrogen-bond donors (Lipinski definition) is 1. The van der Waals surface area contributed by atoms with E-state index in [0.29, 0.717) is 0 Å².